The Morgan fingerprint density at radius 1 is 1.20 bits per heavy atom. The van der Waals surface area contributed by atoms with Crippen molar-refractivity contribution in [1.29, 1.82) is 0 Å². The zero-order chi connectivity index (χ0) is 14.5. The molecule has 4 nitrogen and oxygen atoms in total. The summed E-state index contributed by atoms with van der Waals surface area (Å²) in [5, 5.41) is 20.7. The average molecular weight is 310 g/mol. The van der Waals surface area contributed by atoms with Crippen molar-refractivity contribution in [3.63, 3.8) is 0 Å². The summed E-state index contributed by atoms with van der Waals surface area (Å²) < 4.78 is 0. The van der Waals surface area contributed by atoms with Gasteiger partial charge in [-0.3, -0.25) is 10.1 Å². The van der Waals surface area contributed by atoms with Crippen molar-refractivity contribution in [3.05, 3.63) is 68.7 Å². The van der Waals surface area contributed by atoms with Gasteiger partial charge in [0.15, 0.2) is 0 Å². The first-order valence-electron chi connectivity index (χ1n) is 5.85. The molecule has 0 aromatic heterocycles. The molecule has 0 unspecified atom stereocenters. The van der Waals surface area contributed by atoms with Crippen LogP contribution in [0.4, 0.5) is 5.69 Å². The first-order valence-corrected chi connectivity index (χ1v) is 7.22. The van der Waals surface area contributed by atoms with Gasteiger partial charge in [0.1, 0.15) is 0 Å². The van der Waals surface area contributed by atoms with E-state index < -0.39 is 4.92 Å². The van der Waals surface area contributed by atoms with Gasteiger partial charge in [0.2, 0.25) is 0 Å². The van der Waals surface area contributed by atoms with E-state index in [4.69, 9.17) is 11.6 Å². The SMILES string of the molecule is O=[N+]([O-])c1ccc(SCc2ccc(Cl)cc2)c(CO)c1. The maximum atomic E-state index is 10.7. The van der Waals surface area contributed by atoms with Gasteiger partial charge in [-0.25, -0.2) is 0 Å². The van der Waals surface area contributed by atoms with Crippen molar-refractivity contribution >= 4 is 29.1 Å². The summed E-state index contributed by atoms with van der Waals surface area (Å²) in [5.74, 6) is 0.710. The molecule has 0 aliphatic heterocycles. The molecule has 0 spiro atoms. The van der Waals surface area contributed by atoms with Gasteiger partial charge in [0, 0.05) is 27.8 Å². The molecule has 0 radical (unpaired) electrons. The van der Waals surface area contributed by atoms with Crippen LogP contribution in [0.3, 0.4) is 0 Å². The number of hydrogen-bond donors (Lipinski definition) is 1. The van der Waals surface area contributed by atoms with E-state index in [1.165, 1.54) is 23.9 Å². The number of non-ortho nitro benzene ring substituents is 1. The zero-order valence-electron chi connectivity index (χ0n) is 10.5. The van der Waals surface area contributed by atoms with Gasteiger partial charge in [-0.2, -0.15) is 0 Å². The predicted octanol–water partition coefficient (Wildman–Crippen LogP) is 4.03. The van der Waals surface area contributed by atoms with E-state index in [1.807, 2.05) is 24.3 Å². The van der Waals surface area contributed by atoms with Crippen molar-refractivity contribution in [2.24, 2.45) is 0 Å². The van der Waals surface area contributed by atoms with E-state index in [9.17, 15) is 15.2 Å². The first-order chi connectivity index (χ1) is 9.60. The van der Waals surface area contributed by atoms with Gasteiger partial charge in [-0.15, -0.1) is 11.8 Å². The van der Waals surface area contributed by atoms with Crippen LogP contribution in [0, 0.1) is 10.1 Å². The van der Waals surface area contributed by atoms with Crippen LogP contribution >= 0.6 is 23.4 Å². The number of thioether (sulfide) groups is 1. The van der Waals surface area contributed by atoms with E-state index in [2.05, 4.69) is 0 Å². The maximum Gasteiger partial charge on any atom is 0.269 e. The normalized spacial score (nSPS) is 10.5. The van der Waals surface area contributed by atoms with Crippen molar-refractivity contribution in [1.82, 2.24) is 0 Å². The molecule has 0 atom stereocenters. The average Bonchev–Trinajstić information content (AvgIpc) is 2.46. The highest BCUT2D eigenvalue weighted by Crippen LogP contribution is 2.29. The van der Waals surface area contributed by atoms with Gasteiger partial charge in [0.25, 0.3) is 5.69 Å². The Kier molecular flexibility index (Phi) is 5.00. The second-order valence-electron chi connectivity index (χ2n) is 4.12. The molecule has 2 aromatic rings. The maximum absolute atomic E-state index is 10.7. The van der Waals surface area contributed by atoms with Crippen LogP contribution < -0.4 is 0 Å². The minimum absolute atomic E-state index is 0.00936. The van der Waals surface area contributed by atoms with Crippen molar-refractivity contribution in [2.75, 3.05) is 0 Å². The lowest BCUT2D eigenvalue weighted by Crippen LogP contribution is -1.93. The highest BCUT2D eigenvalue weighted by molar-refractivity contribution is 7.98. The fourth-order valence-electron chi connectivity index (χ4n) is 1.69. The molecule has 2 aromatic carbocycles. The minimum Gasteiger partial charge on any atom is -0.392 e. The Balaban J connectivity index is 2.12. The number of benzene rings is 2. The summed E-state index contributed by atoms with van der Waals surface area (Å²) in [6.45, 7) is -0.218. The van der Waals surface area contributed by atoms with Crippen molar-refractivity contribution in [2.45, 2.75) is 17.3 Å². The topological polar surface area (TPSA) is 63.4 Å². The lowest BCUT2D eigenvalue weighted by atomic mass is 10.2. The number of hydrogen-bond acceptors (Lipinski definition) is 4. The minimum atomic E-state index is -0.465. The Bertz CT molecular complexity index is 616. The van der Waals surface area contributed by atoms with Crippen LogP contribution in [0.25, 0.3) is 0 Å². The second kappa shape index (κ2) is 6.74. The third kappa shape index (κ3) is 3.72. The summed E-state index contributed by atoms with van der Waals surface area (Å²) in [7, 11) is 0. The summed E-state index contributed by atoms with van der Waals surface area (Å²) in [4.78, 5) is 11.1. The molecule has 0 heterocycles. The number of nitro benzene ring substituents is 1. The quantitative estimate of drug-likeness (QED) is 0.514. The molecule has 0 aliphatic rings. The van der Waals surface area contributed by atoms with Crippen LogP contribution in [-0.4, -0.2) is 10.0 Å². The summed E-state index contributed by atoms with van der Waals surface area (Å²) >= 11 is 7.35. The van der Waals surface area contributed by atoms with E-state index in [0.29, 0.717) is 16.3 Å². The Morgan fingerprint density at radius 3 is 2.50 bits per heavy atom. The number of aliphatic hydroxyl groups excluding tert-OH is 1. The predicted molar refractivity (Wildman–Crippen MR) is 80.0 cm³/mol. The second-order valence-corrected chi connectivity index (χ2v) is 5.58. The first kappa shape index (κ1) is 14.8. The Morgan fingerprint density at radius 2 is 1.90 bits per heavy atom. The lowest BCUT2D eigenvalue weighted by Gasteiger charge is -2.07. The molecule has 0 fully saturated rings. The number of halogens is 1. The van der Waals surface area contributed by atoms with Crippen molar-refractivity contribution in [3.8, 4) is 0 Å². The molecule has 2 rings (SSSR count). The highest BCUT2D eigenvalue weighted by atomic mass is 35.5. The zero-order valence-corrected chi connectivity index (χ0v) is 12.0. The van der Waals surface area contributed by atoms with Crippen LogP contribution in [0.1, 0.15) is 11.1 Å². The molecule has 1 N–H and O–H groups in total. The number of nitrogens with zero attached hydrogens (tertiary/aromatic N) is 1. The Hall–Kier alpha value is -1.56. The monoisotopic (exact) mass is 309 g/mol. The third-order valence-electron chi connectivity index (χ3n) is 2.73. The summed E-state index contributed by atoms with van der Waals surface area (Å²) in [5.41, 5.74) is 1.66. The number of nitro groups is 1. The van der Waals surface area contributed by atoms with E-state index >= 15 is 0 Å². The van der Waals surface area contributed by atoms with Crippen LogP contribution in [0.15, 0.2) is 47.4 Å². The molecule has 0 amide bonds. The molecule has 0 saturated carbocycles. The molecule has 0 aliphatic carbocycles. The van der Waals surface area contributed by atoms with Gasteiger partial charge in [-0.1, -0.05) is 23.7 Å². The van der Waals surface area contributed by atoms with Gasteiger partial charge >= 0.3 is 0 Å². The number of aliphatic hydroxyl groups is 1. The molecule has 6 heteroatoms. The smallest absolute Gasteiger partial charge is 0.269 e. The van der Waals surface area contributed by atoms with Gasteiger partial charge in [0.05, 0.1) is 11.5 Å². The molecule has 20 heavy (non-hydrogen) atoms. The van der Waals surface area contributed by atoms with Gasteiger partial charge < -0.3 is 5.11 Å². The van der Waals surface area contributed by atoms with Gasteiger partial charge in [-0.05, 0) is 29.3 Å². The van der Waals surface area contributed by atoms with Crippen LogP contribution in [0.5, 0.6) is 0 Å². The fraction of sp³-hybridized carbons (Fsp3) is 0.143. The highest BCUT2D eigenvalue weighted by Gasteiger charge is 2.10. The molecular weight excluding hydrogens is 298 g/mol. The van der Waals surface area contributed by atoms with E-state index in [-0.39, 0.29) is 12.3 Å². The molecule has 104 valence electrons. The third-order valence-corrected chi connectivity index (χ3v) is 4.17. The lowest BCUT2D eigenvalue weighted by molar-refractivity contribution is -0.385. The largest absolute Gasteiger partial charge is 0.392 e. The van der Waals surface area contributed by atoms with E-state index in [1.54, 1.807) is 6.07 Å². The van der Waals surface area contributed by atoms with Crippen LogP contribution in [0.2, 0.25) is 5.02 Å². The Labute approximate surface area is 125 Å². The molecule has 0 bridgehead atoms. The number of rotatable bonds is 5. The molecular formula is C14H12ClNO3S. The van der Waals surface area contributed by atoms with E-state index in [0.717, 1.165) is 10.5 Å². The van der Waals surface area contributed by atoms with Crippen molar-refractivity contribution < 1.29 is 10.0 Å². The summed E-state index contributed by atoms with van der Waals surface area (Å²) in [6.07, 6.45) is 0. The standard InChI is InChI=1S/C14H12ClNO3S/c15-12-3-1-10(2-4-12)9-20-14-6-5-13(16(18)19)7-11(14)8-17/h1-7,17H,8-9H2. The molecule has 0 saturated heterocycles. The fourth-order valence-corrected chi connectivity index (χ4v) is 2.80. The summed E-state index contributed by atoms with van der Waals surface area (Å²) in [6, 6.07) is 12.0. The van der Waals surface area contributed by atoms with Crippen LogP contribution in [-0.2, 0) is 12.4 Å².